The van der Waals surface area contributed by atoms with Crippen molar-refractivity contribution in [2.24, 2.45) is 5.92 Å². The standard InChI is InChI=1S/C16H19ClFNO3/c1-10-5-2-3-8-13(10)19-14(20)9-22-16(21)15-11(17)6-4-7-12(15)18/h4,6-7,10,13H,2-3,5,8-9H2,1H3,(H,19,20)/t10-,13+/m1/s1. The molecule has 1 aliphatic rings. The highest BCUT2D eigenvalue weighted by molar-refractivity contribution is 6.33. The van der Waals surface area contributed by atoms with E-state index in [4.69, 9.17) is 16.3 Å². The Labute approximate surface area is 134 Å². The molecule has 0 unspecified atom stereocenters. The number of carbonyl (C=O) groups is 2. The van der Waals surface area contributed by atoms with Crippen LogP contribution in [0.3, 0.4) is 0 Å². The van der Waals surface area contributed by atoms with Crippen LogP contribution in [-0.2, 0) is 9.53 Å². The van der Waals surface area contributed by atoms with Gasteiger partial charge >= 0.3 is 5.97 Å². The van der Waals surface area contributed by atoms with Crippen LogP contribution in [0.1, 0.15) is 43.0 Å². The minimum atomic E-state index is -0.935. The molecular formula is C16H19ClFNO3. The maximum absolute atomic E-state index is 13.6. The Morgan fingerprint density at radius 1 is 1.36 bits per heavy atom. The summed E-state index contributed by atoms with van der Waals surface area (Å²) in [5.74, 6) is -1.66. The first-order chi connectivity index (χ1) is 10.5. The van der Waals surface area contributed by atoms with Crippen LogP contribution in [0, 0.1) is 11.7 Å². The molecule has 1 aromatic carbocycles. The van der Waals surface area contributed by atoms with Crippen molar-refractivity contribution in [3.63, 3.8) is 0 Å². The number of ether oxygens (including phenoxy) is 1. The molecule has 0 saturated heterocycles. The zero-order chi connectivity index (χ0) is 16.1. The molecule has 0 bridgehead atoms. The van der Waals surface area contributed by atoms with Crippen molar-refractivity contribution in [3.05, 3.63) is 34.6 Å². The predicted octanol–water partition coefficient (Wildman–Crippen LogP) is 3.33. The summed E-state index contributed by atoms with van der Waals surface area (Å²) in [6.07, 6.45) is 4.27. The molecule has 1 N–H and O–H groups in total. The minimum absolute atomic E-state index is 0.0358. The van der Waals surface area contributed by atoms with Gasteiger partial charge in [0.1, 0.15) is 11.4 Å². The average molecular weight is 328 g/mol. The monoisotopic (exact) mass is 327 g/mol. The molecule has 22 heavy (non-hydrogen) atoms. The van der Waals surface area contributed by atoms with E-state index in [2.05, 4.69) is 12.2 Å². The second-order valence-electron chi connectivity index (χ2n) is 5.61. The highest BCUT2D eigenvalue weighted by atomic mass is 35.5. The van der Waals surface area contributed by atoms with Gasteiger partial charge in [0.25, 0.3) is 5.91 Å². The molecule has 1 saturated carbocycles. The zero-order valence-electron chi connectivity index (χ0n) is 12.4. The molecule has 0 aliphatic heterocycles. The minimum Gasteiger partial charge on any atom is -0.452 e. The number of halogens is 2. The highest BCUT2D eigenvalue weighted by Gasteiger charge is 2.24. The number of hydrogen-bond donors (Lipinski definition) is 1. The number of esters is 1. The molecule has 120 valence electrons. The van der Waals surface area contributed by atoms with Crippen molar-refractivity contribution < 1.29 is 18.7 Å². The van der Waals surface area contributed by atoms with E-state index in [1.807, 2.05) is 0 Å². The molecule has 4 nitrogen and oxygen atoms in total. The number of hydrogen-bond acceptors (Lipinski definition) is 3. The molecule has 6 heteroatoms. The maximum atomic E-state index is 13.6. The van der Waals surface area contributed by atoms with E-state index in [0.717, 1.165) is 25.3 Å². The third-order valence-corrected chi connectivity index (χ3v) is 4.27. The van der Waals surface area contributed by atoms with Gasteiger partial charge in [-0.2, -0.15) is 0 Å². The summed E-state index contributed by atoms with van der Waals surface area (Å²) in [6.45, 7) is 1.65. The van der Waals surface area contributed by atoms with Crippen LogP contribution in [0.5, 0.6) is 0 Å². The van der Waals surface area contributed by atoms with Gasteiger partial charge in [-0.05, 0) is 30.9 Å². The van der Waals surface area contributed by atoms with E-state index in [9.17, 15) is 14.0 Å². The largest absolute Gasteiger partial charge is 0.452 e. The molecule has 2 atom stereocenters. The number of carbonyl (C=O) groups excluding carboxylic acids is 2. The Balaban J connectivity index is 1.87. The van der Waals surface area contributed by atoms with Crippen LogP contribution in [0.25, 0.3) is 0 Å². The van der Waals surface area contributed by atoms with Gasteiger partial charge in [-0.3, -0.25) is 4.79 Å². The summed E-state index contributed by atoms with van der Waals surface area (Å²) in [6, 6.07) is 4.01. The number of amides is 1. The van der Waals surface area contributed by atoms with Gasteiger partial charge < -0.3 is 10.1 Å². The van der Waals surface area contributed by atoms with E-state index < -0.39 is 18.4 Å². The summed E-state index contributed by atoms with van der Waals surface area (Å²) in [5.41, 5.74) is -0.344. The first kappa shape index (κ1) is 16.7. The molecule has 1 fully saturated rings. The van der Waals surface area contributed by atoms with Crippen molar-refractivity contribution in [1.29, 1.82) is 0 Å². The lowest BCUT2D eigenvalue weighted by atomic mass is 9.86. The number of rotatable bonds is 4. The van der Waals surface area contributed by atoms with E-state index in [0.29, 0.717) is 5.92 Å². The summed E-state index contributed by atoms with van der Waals surface area (Å²) >= 11 is 5.77. The smallest absolute Gasteiger partial charge is 0.343 e. The van der Waals surface area contributed by atoms with E-state index in [1.54, 1.807) is 0 Å². The quantitative estimate of drug-likeness (QED) is 0.863. The van der Waals surface area contributed by atoms with Gasteiger partial charge in [-0.25, -0.2) is 9.18 Å². The highest BCUT2D eigenvalue weighted by Crippen LogP contribution is 2.23. The lowest BCUT2D eigenvalue weighted by molar-refractivity contribution is -0.125. The summed E-state index contributed by atoms with van der Waals surface area (Å²) in [4.78, 5) is 23.7. The van der Waals surface area contributed by atoms with Crippen molar-refractivity contribution in [3.8, 4) is 0 Å². The van der Waals surface area contributed by atoms with Crippen LogP contribution in [0.4, 0.5) is 4.39 Å². The molecule has 2 rings (SSSR count). The second kappa shape index (κ2) is 7.58. The van der Waals surface area contributed by atoms with E-state index in [1.165, 1.54) is 18.6 Å². The second-order valence-corrected chi connectivity index (χ2v) is 6.02. The summed E-state index contributed by atoms with van der Waals surface area (Å²) in [7, 11) is 0. The van der Waals surface area contributed by atoms with Crippen LogP contribution >= 0.6 is 11.6 Å². The first-order valence-corrected chi connectivity index (χ1v) is 7.77. The average Bonchev–Trinajstić information content (AvgIpc) is 2.47. The molecule has 1 aliphatic carbocycles. The first-order valence-electron chi connectivity index (χ1n) is 7.39. The molecule has 0 radical (unpaired) electrons. The van der Waals surface area contributed by atoms with Gasteiger partial charge in [0.05, 0.1) is 5.02 Å². The van der Waals surface area contributed by atoms with Gasteiger partial charge in [0.2, 0.25) is 0 Å². The Hall–Kier alpha value is -1.62. The van der Waals surface area contributed by atoms with Crippen molar-refractivity contribution in [2.75, 3.05) is 6.61 Å². The Morgan fingerprint density at radius 3 is 2.77 bits per heavy atom. The summed E-state index contributed by atoms with van der Waals surface area (Å²) < 4.78 is 18.4. The third-order valence-electron chi connectivity index (χ3n) is 3.96. The van der Waals surface area contributed by atoms with E-state index >= 15 is 0 Å². The van der Waals surface area contributed by atoms with Crippen LogP contribution in [0.2, 0.25) is 5.02 Å². The van der Waals surface area contributed by atoms with E-state index in [-0.39, 0.29) is 22.5 Å². The lowest BCUT2D eigenvalue weighted by Gasteiger charge is -2.29. The number of nitrogens with one attached hydrogen (secondary N) is 1. The van der Waals surface area contributed by atoms with Crippen molar-refractivity contribution in [1.82, 2.24) is 5.32 Å². The fourth-order valence-electron chi connectivity index (χ4n) is 2.68. The van der Waals surface area contributed by atoms with Gasteiger partial charge in [-0.1, -0.05) is 37.4 Å². The van der Waals surface area contributed by atoms with Gasteiger partial charge in [0, 0.05) is 6.04 Å². The van der Waals surface area contributed by atoms with Crippen LogP contribution < -0.4 is 5.32 Å². The van der Waals surface area contributed by atoms with Crippen molar-refractivity contribution in [2.45, 2.75) is 38.6 Å². The number of benzene rings is 1. The fraction of sp³-hybridized carbons (Fsp3) is 0.500. The topological polar surface area (TPSA) is 55.4 Å². The van der Waals surface area contributed by atoms with Crippen LogP contribution in [0.15, 0.2) is 18.2 Å². The summed E-state index contributed by atoms with van der Waals surface area (Å²) in [5, 5.41) is 2.83. The molecule has 0 heterocycles. The SMILES string of the molecule is C[C@@H]1CCCC[C@@H]1NC(=O)COC(=O)c1c(F)cccc1Cl. The maximum Gasteiger partial charge on any atom is 0.343 e. The Bertz CT molecular complexity index is 544. The van der Waals surface area contributed by atoms with Crippen molar-refractivity contribution >= 4 is 23.5 Å². The normalized spacial score (nSPS) is 21.2. The third kappa shape index (κ3) is 4.19. The Morgan fingerprint density at radius 2 is 2.09 bits per heavy atom. The zero-order valence-corrected chi connectivity index (χ0v) is 13.2. The molecular weight excluding hydrogens is 309 g/mol. The molecule has 0 aromatic heterocycles. The predicted molar refractivity (Wildman–Crippen MR) is 81.3 cm³/mol. The molecule has 1 amide bonds. The fourth-order valence-corrected chi connectivity index (χ4v) is 2.92. The molecule has 1 aromatic rings. The lowest BCUT2D eigenvalue weighted by Crippen LogP contribution is -2.42. The van der Waals surface area contributed by atoms with Gasteiger partial charge in [-0.15, -0.1) is 0 Å². The molecule has 0 spiro atoms. The van der Waals surface area contributed by atoms with Crippen LogP contribution in [-0.4, -0.2) is 24.5 Å². The van der Waals surface area contributed by atoms with Gasteiger partial charge in [0.15, 0.2) is 6.61 Å². The Kier molecular flexibility index (Phi) is 5.77.